The third kappa shape index (κ3) is 5.49. The lowest BCUT2D eigenvalue weighted by Gasteiger charge is -2.11. The van der Waals surface area contributed by atoms with Gasteiger partial charge in [0.2, 0.25) is 11.7 Å². The van der Waals surface area contributed by atoms with Crippen LogP contribution in [0.2, 0.25) is 0 Å². The maximum atomic E-state index is 12.5. The van der Waals surface area contributed by atoms with E-state index in [-0.39, 0.29) is 18.2 Å². The number of carbonyl (C=O) groups excluding carboxylic acids is 2. The number of hydrogen-bond acceptors (Lipinski definition) is 7. The van der Waals surface area contributed by atoms with E-state index in [1.54, 1.807) is 23.6 Å². The molecule has 2 amide bonds. The van der Waals surface area contributed by atoms with Crippen LogP contribution < -0.4 is 15.4 Å². The second-order valence-corrected chi connectivity index (χ2v) is 7.16. The lowest BCUT2D eigenvalue weighted by atomic mass is 10.2. The van der Waals surface area contributed by atoms with E-state index in [9.17, 15) is 9.59 Å². The fourth-order valence-corrected chi connectivity index (χ4v) is 3.35. The molecule has 0 aliphatic carbocycles. The number of rotatable bonds is 7. The minimum atomic E-state index is -0.460. The van der Waals surface area contributed by atoms with Crippen LogP contribution in [0.3, 0.4) is 0 Å². The summed E-state index contributed by atoms with van der Waals surface area (Å²) in [6.07, 6.45) is 3.02. The summed E-state index contributed by atoms with van der Waals surface area (Å²) in [5.74, 6) is 0.547. The molecule has 2 heterocycles. The summed E-state index contributed by atoms with van der Waals surface area (Å²) < 4.78 is 5.86. The number of thiazole rings is 1. The van der Waals surface area contributed by atoms with Gasteiger partial charge in [0.15, 0.2) is 10.9 Å². The van der Waals surface area contributed by atoms with Crippen molar-refractivity contribution < 1.29 is 14.3 Å². The molecule has 4 aromatic rings. The molecule has 0 aliphatic rings. The molecule has 2 N–H and O–H groups in total. The van der Waals surface area contributed by atoms with Crippen LogP contribution in [0.1, 0.15) is 16.3 Å². The molecule has 2 aromatic heterocycles. The van der Waals surface area contributed by atoms with Crippen molar-refractivity contribution in [2.24, 2.45) is 0 Å². The molecule has 0 aliphatic heterocycles. The largest absolute Gasteiger partial charge is 0.455 e. The molecule has 2 aromatic carbocycles. The monoisotopic (exact) mass is 431 g/mol. The Balaban J connectivity index is 1.37. The fraction of sp³-hybridized carbons (Fsp3) is 0.0455. The van der Waals surface area contributed by atoms with Gasteiger partial charge in [0, 0.05) is 17.8 Å². The number of anilines is 2. The summed E-state index contributed by atoms with van der Waals surface area (Å²) in [5.41, 5.74) is 1.09. The maximum Gasteiger partial charge on any atom is 0.295 e. The van der Waals surface area contributed by atoms with Crippen molar-refractivity contribution in [3.05, 3.63) is 90.0 Å². The van der Waals surface area contributed by atoms with Crippen molar-refractivity contribution in [2.45, 2.75) is 6.42 Å². The molecule has 0 saturated heterocycles. The molecule has 0 atom stereocenters. The standard InChI is InChI=1S/C22H17N5O3S/c28-19(26-17-9-4-5-10-18(17)30-16-7-2-1-3-8-16)13-15-14-31-22(25-15)27-21(29)20-23-11-6-12-24-20/h1-12,14H,13H2,(H,26,28)(H,25,27,29). The summed E-state index contributed by atoms with van der Waals surface area (Å²) in [6, 6.07) is 18.1. The maximum absolute atomic E-state index is 12.5. The van der Waals surface area contributed by atoms with Crippen LogP contribution in [0, 0.1) is 0 Å². The van der Waals surface area contributed by atoms with Crippen molar-refractivity contribution in [2.75, 3.05) is 10.6 Å². The van der Waals surface area contributed by atoms with E-state index in [0.29, 0.717) is 28.0 Å². The van der Waals surface area contributed by atoms with E-state index in [1.807, 2.05) is 42.5 Å². The first-order valence-corrected chi connectivity index (χ1v) is 10.2. The van der Waals surface area contributed by atoms with E-state index in [4.69, 9.17) is 4.74 Å². The zero-order valence-electron chi connectivity index (χ0n) is 16.2. The van der Waals surface area contributed by atoms with Crippen molar-refractivity contribution >= 4 is 34.0 Å². The van der Waals surface area contributed by atoms with Crippen LogP contribution in [-0.2, 0) is 11.2 Å². The van der Waals surface area contributed by atoms with Gasteiger partial charge in [-0.2, -0.15) is 0 Å². The third-order valence-electron chi connectivity index (χ3n) is 4.01. The van der Waals surface area contributed by atoms with Gasteiger partial charge in [-0.1, -0.05) is 30.3 Å². The van der Waals surface area contributed by atoms with Gasteiger partial charge in [0.1, 0.15) is 5.75 Å². The number of nitrogens with one attached hydrogen (secondary N) is 2. The number of amides is 2. The number of ether oxygens (including phenoxy) is 1. The second-order valence-electron chi connectivity index (χ2n) is 6.31. The Morgan fingerprint density at radius 2 is 1.65 bits per heavy atom. The first kappa shape index (κ1) is 20.2. The molecule has 0 saturated carbocycles. The quantitative estimate of drug-likeness (QED) is 0.455. The van der Waals surface area contributed by atoms with E-state index >= 15 is 0 Å². The second kappa shape index (κ2) is 9.59. The van der Waals surface area contributed by atoms with Gasteiger partial charge >= 0.3 is 0 Å². The number of aromatic nitrogens is 3. The summed E-state index contributed by atoms with van der Waals surface area (Å²) in [7, 11) is 0. The molecular formula is C22H17N5O3S. The summed E-state index contributed by atoms with van der Waals surface area (Å²) in [5, 5.41) is 7.56. The van der Waals surface area contributed by atoms with Gasteiger partial charge in [0.25, 0.3) is 5.91 Å². The van der Waals surface area contributed by atoms with Gasteiger partial charge in [0.05, 0.1) is 17.8 Å². The molecule has 154 valence electrons. The van der Waals surface area contributed by atoms with Gasteiger partial charge in [-0.05, 0) is 30.3 Å². The van der Waals surface area contributed by atoms with Crippen LogP contribution in [0.15, 0.2) is 78.4 Å². The van der Waals surface area contributed by atoms with Crippen molar-refractivity contribution in [1.82, 2.24) is 15.0 Å². The summed E-state index contributed by atoms with van der Waals surface area (Å²) in [6.45, 7) is 0. The Morgan fingerprint density at radius 1 is 0.903 bits per heavy atom. The SMILES string of the molecule is O=C(Cc1csc(NC(=O)c2ncccn2)n1)Nc1ccccc1Oc1ccccc1. The van der Waals surface area contributed by atoms with Gasteiger partial charge in [-0.25, -0.2) is 15.0 Å². The molecular weight excluding hydrogens is 414 g/mol. The van der Waals surface area contributed by atoms with Crippen LogP contribution in [0.5, 0.6) is 11.5 Å². The predicted molar refractivity (Wildman–Crippen MR) is 117 cm³/mol. The normalized spacial score (nSPS) is 10.3. The number of hydrogen-bond donors (Lipinski definition) is 2. The lowest BCUT2D eigenvalue weighted by Crippen LogP contribution is -2.16. The molecule has 0 fully saturated rings. The third-order valence-corrected chi connectivity index (χ3v) is 4.82. The van der Waals surface area contributed by atoms with Crippen LogP contribution in [0.25, 0.3) is 0 Å². The molecule has 0 radical (unpaired) electrons. The predicted octanol–water partition coefficient (Wildman–Crippen LogP) is 4.16. The Morgan fingerprint density at radius 3 is 2.45 bits per heavy atom. The van der Waals surface area contributed by atoms with E-state index in [2.05, 4.69) is 25.6 Å². The van der Waals surface area contributed by atoms with Crippen molar-refractivity contribution in [3.63, 3.8) is 0 Å². The minimum Gasteiger partial charge on any atom is -0.455 e. The van der Waals surface area contributed by atoms with Crippen molar-refractivity contribution in [3.8, 4) is 11.5 Å². The Hall–Kier alpha value is -4.11. The zero-order valence-corrected chi connectivity index (χ0v) is 17.0. The lowest BCUT2D eigenvalue weighted by molar-refractivity contribution is -0.115. The van der Waals surface area contributed by atoms with Crippen LogP contribution in [0.4, 0.5) is 10.8 Å². The number of carbonyl (C=O) groups is 2. The van der Waals surface area contributed by atoms with E-state index < -0.39 is 5.91 Å². The number of para-hydroxylation sites is 3. The average Bonchev–Trinajstić information content (AvgIpc) is 3.23. The Kier molecular flexibility index (Phi) is 6.24. The average molecular weight is 431 g/mol. The molecule has 9 heteroatoms. The molecule has 0 spiro atoms. The fourth-order valence-electron chi connectivity index (χ4n) is 2.65. The topological polar surface area (TPSA) is 106 Å². The minimum absolute atomic E-state index is 0.0482. The van der Waals surface area contributed by atoms with Gasteiger partial charge < -0.3 is 10.1 Å². The Labute approximate surface area is 182 Å². The molecule has 31 heavy (non-hydrogen) atoms. The highest BCUT2D eigenvalue weighted by atomic mass is 32.1. The smallest absolute Gasteiger partial charge is 0.295 e. The van der Waals surface area contributed by atoms with Crippen LogP contribution in [-0.4, -0.2) is 26.8 Å². The highest BCUT2D eigenvalue weighted by molar-refractivity contribution is 7.14. The summed E-state index contributed by atoms with van der Waals surface area (Å²) in [4.78, 5) is 36.7. The zero-order chi connectivity index (χ0) is 21.5. The van der Waals surface area contributed by atoms with E-state index in [0.717, 1.165) is 0 Å². The molecule has 0 bridgehead atoms. The van der Waals surface area contributed by atoms with E-state index in [1.165, 1.54) is 23.7 Å². The van der Waals surface area contributed by atoms with Crippen LogP contribution >= 0.6 is 11.3 Å². The highest BCUT2D eigenvalue weighted by Gasteiger charge is 2.14. The van der Waals surface area contributed by atoms with Crippen molar-refractivity contribution in [1.29, 1.82) is 0 Å². The highest BCUT2D eigenvalue weighted by Crippen LogP contribution is 2.29. The summed E-state index contributed by atoms with van der Waals surface area (Å²) >= 11 is 1.22. The van der Waals surface area contributed by atoms with Gasteiger partial charge in [-0.15, -0.1) is 11.3 Å². The first-order chi connectivity index (χ1) is 15.2. The Bertz CT molecular complexity index is 1180. The molecule has 0 unspecified atom stereocenters. The molecule has 8 nitrogen and oxygen atoms in total. The first-order valence-electron chi connectivity index (χ1n) is 9.32. The number of nitrogens with zero attached hydrogens (tertiary/aromatic N) is 3. The van der Waals surface area contributed by atoms with Gasteiger partial charge in [-0.3, -0.25) is 14.9 Å². The number of benzene rings is 2. The molecule has 4 rings (SSSR count).